The van der Waals surface area contributed by atoms with Gasteiger partial charge in [-0.3, -0.25) is 15.2 Å². The highest BCUT2D eigenvalue weighted by Crippen LogP contribution is 2.22. The molecule has 27 heavy (non-hydrogen) atoms. The lowest BCUT2D eigenvalue weighted by Gasteiger charge is -2.19. The molecule has 0 saturated carbocycles. The van der Waals surface area contributed by atoms with Crippen LogP contribution < -0.4 is 10.9 Å². The molecular formula is C17H19Cl2N5O3. The Bertz CT molecular complexity index is 959. The van der Waals surface area contributed by atoms with Crippen LogP contribution in [0.2, 0.25) is 10.0 Å². The van der Waals surface area contributed by atoms with E-state index in [-0.39, 0.29) is 25.0 Å². The second kappa shape index (κ2) is 9.29. The lowest BCUT2D eigenvalue weighted by molar-refractivity contribution is 0.00334. The molecule has 0 aliphatic carbocycles. The van der Waals surface area contributed by atoms with E-state index in [1.807, 2.05) is 6.07 Å². The minimum Gasteiger partial charge on any atom is -0.394 e. The molecule has 0 radical (unpaired) electrons. The van der Waals surface area contributed by atoms with Crippen LogP contribution in [0.4, 0.5) is 0 Å². The third-order valence-electron chi connectivity index (χ3n) is 3.93. The zero-order chi connectivity index (χ0) is 19.2. The van der Waals surface area contributed by atoms with Crippen molar-refractivity contribution in [1.82, 2.24) is 25.5 Å². The highest BCUT2D eigenvalue weighted by Gasteiger charge is 2.12. The Hall–Kier alpha value is -1.97. The number of fused-ring (bicyclic) bond motifs is 1. The molecule has 1 aromatic carbocycles. The van der Waals surface area contributed by atoms with Crippen LogP contribution >= 0.6 is 23.2 Å². The molecule has 3 rings (SSSR count). The molecule has 0 saturated heterocycles. The zero-order valence-electron chi connectivity index (χ0n) is 14.3. The Morgan fingerprint density at radius 2 is 2.15 bits per heavy atom. The van der Waals surface area contributed by atoms with Crippen LogP contribution in [0, 0.1) is 0 Å². The molecule has 0 aliphatic rings. The van der Waals surface area contributed by atoms with Gasteiger partial charge in [0.1, 0.15) is 23.1 Å². The van der Waals surface area contributed by atoms with E-state index < -0.39 is 0 Å². The summed E-state index contributed by atoms with van der Waals surface area (Å²) >= 11 is 12.0. The van der Waals surface area contributed by atoms with Gasteiger partial charge in [0, 0.05) is 13.0 Å². The van der Waals surface area contributed by atoms with Crippen LogP contribution in [0.3, 0.4) is 0 Å². The SMILES string of the molecule is O=c1[nH]c(CC[C@@H](NCc2ccc(Cl)c(Cl)c2)OCCO)nc2cn[nH]c12. The summed E-state index contributed by atoms with van der Waals surface area (Å²) in [4.78, 5) is 19.1. The number of aliphatic hydroxyl groups excluding tert-OH is 1. The molecule has 0 spiro atoms. The van der Waals surface area contributed by atoms with E-state index in [2.05, 4.69) is 25.5 Å². The first kappa shape index (κ1) is 19.8. The molecular weight excluding hydrogens is 393 g/mol. The average Bonchev–Trinajstić information content (AvgIpc) is 3.13. The fourth-order valence-corrected chi connectivity index (χ4v) is 2.93. The van der Waals surface area contributed by atoms with Crippen LogP contribution in [0.15, 0.2) is 29.2 Å². The molecule has 2 heterocycles. The van der Waals surface area contributed by atoms with E-state index >= 15 is 0 Å². The van der Waals surface area contributed by atoms with Crippen LogP contribution in [0.1, 0.15) is 17.8 Å². The lowest BCUT2D eigenvalue weighted by Crippen LogP contribution is -2.33. The summed E-state index contributed by atoms with van der Waals surface area (Å²) in [7, 11) is 0. The van der Waals surface area contributed by atoms with E-state index in [9.17, 15) is 4.79 Å². The zero-order valence-corrected chi connectivity index (χ0v) is 15.8. The number of hydrogen-bond acceptors (Lipinski definition) is 6. The van der Waals surface area contributed by atoms with Crippen molar-refractivity contribution in [3.63, 3.8) is 0 Å². The van der Waals surface area contributed by atoms with Gasteiger partial charge in [-0.2, -0.15) is 5.10 Å². The monoisotopic (exact) mass is 411 g/mol. The highest BCUT2D eigenvalue weighted by atomic mass is 35.5. The van der Waals surface area contributed by atoms with E-state index in [1.54, 1.807) is 12.1 Å². The number of aryl methyl sites for hydroxylation is 1. The Balaban J connectivity index is 1.62. The summed E-state index contributed by atoms with van der Waals surface area (Å²) < 4.78 is 5.63. The fraction of sp³-hybridized carbons (Fsp3) is 0.353. The summed E-state index contributed by atoms with van der Waals surface area (Å²) in [5.41, 5.74) is 1.56. The van der Waals surface area contributed by atoms with Crippen molar-refractivity contribution in [3.05, 3.63) is 56.2 Å². The van der Waals surface area contributed by atoms with Gasteiger partial charge in [0.15, 0.2) is 0 Å². The number of aliphatic hydroxyl groups is 1. The Labute approximate surface area is 164 Å². The quantitative estimate of drug-likeness (QED) is 0.400. The molecule has 144 valence electrons. The minimum absolute atomic E-state index is 0.0823. The fourth-order valence-electron chi connectivity index (χ4n) is 2.61. The molecule has 2 aromatic heterocycles. The van der Waals surface area contributed by atoms with Crippen molar-refractivity contribution in [1.29, 1.82) is 0 Å². The largest absolute Gasteiger partial charge is 0.394 e. The van der Waals surface area contributed by atoms with Crippen LogP contribution in [-0.2, 0) is 17.7 Å². The van der Waals surface area contributed by atoms with Gasteiger partial charge in [0.2, 0.25) is 0 Å². The first-order valence-corrected chi connectivity index (χ1v) is 9.14. The second-order valence-electron chi connectivity index (χ2n) is 5.89. The van der Waals surface area contributed by atoms with E-state index in [0.717, 1.165) is 5.56 Å². The summed E-state index contributed by atoms with van der Waals surface area (Å²) in [5, 5.41) is 19.7. The highest BCUT2D eigenvalue weighted by molar-refractivity contribution is 6.42. The molecule has 4 N–H and O–H groups in total. The molecule has 0 unspecified atom stereocenters. The van der Waals surface area contributed by atoms with Gasteiger partial charge in [-0.05, 0) is 24.1 Å². The maximum absolute atomic E-state index is 12.0. The van der Waals surface area contributed by atoms with Gasteiger partial charge >= 0.3 is 0 Å². The number of ether oxygens (including phenoxy) is 1. The third kappa shape index (κ3) is 5.27. The first-order valence-electron chi connectivity index (χ1n) is 8.39. The number of hydrogen-bond donors (Lipinski definition) is 4. The van der Waals surface area contributed by atoms with Gasteiger partial charge < -0.3 is 14.8 Å². The lowest BCUT2D eigenvalue weighted by atomic mass is 10.2. The number of benzene rings is 1. The van der Waals surface area contributed by atoms with Gasteiger partial charge in [0.05, 0.1) is 29.5 Å². The Morgan fingerprint density at radius 3 is 2.93 bits per heavy atom. The summed E-state index contributed by atoms with van der Waals surface area (Å²) in [6, 6.07) is 5.39. The number of aromatic amines is 2. The van der Waals surface area contributed by atoms with Crippen LogP contribution in [0.25, 0.3) is 11.0 Å². The number of nitrogens with one attached hydrogen (secondary N) is 3. The Kier molecular flexibility index (Phi) is 6.81. The topological polar surface area (TPSA) is 116 Å². The van der Waals surface area contributed by atoms with Crippen molar-refractivity contribution < 1.29 is 9.84 Å². The molecule has 10 heteroatoms. The van der Waals surface area contributed by atoms with Crippen LogP contribution in [0.5, 0.6) is 0 Å². The molecule has 3 aromatic rings. The van der Waals surface area contributed by atoms with Crippen LogP contribution in [-0.4, -0.2) is 44.7 Å². The normalized spacial score (nSPS) is 12.6. The standard InChI is InChI=1S/C17H19Cl2N5O3/c18-11-2-1-10(7-12(11)19)8-20-15(27-6-5-25)4-3-14-22-13-9-21-24-16(13)17(26)23-14/h1-2,7,9,15,20,25H,3-6,8H2,(H,21,24)(H,22,23,26)/t15-/m0/s1. The summed E-state index contributed by atoms with van der Waals surface area (Å²) in [6.07, 6.45) is 2.21. The maximum atomic E-state index is 12.0. The minimum atomic E-state index is -0.336. The van der Waals surface area contributed by atoms with E-state index in [1.165, 1.54) is 6.20 Å². The van der Waals surface area contributed by atoms with E-state index in [0.29, 0.717) is 46.3 Å². The maximum Gasteiger partial charge on any atom is 0.276 e. The number of nitrogens with zero attached hydrogens (tertiary/aromatic N) is 2. The van der Waals surface area contributed by atoms with Gasteiger partial charge in [-0.1, -0.05) is 29.3 Å². The van der Waals surface area contributed by atoms with Crippen molar-refractivity contribution in [3.8, 4) is 0 Å². The predicted octanol–water partition coefficient (Wildman–Crippen LogP) is 2.01. The number of halogens is 2. The summed E-state index contributed by atoms with van der Waals surface area (Å²) in [5.74, 6) is 0.544. The van der Waals surface area contributed by atoms with Gasteiger partial charge in [-0.15, -0.1) is 0 Å². The molecule has 0 fully saturated rings. The molecule has 0 aliphatic heterocycles. The molecule has 0 bridgehead atoms. The smallest absolute Gasteiger partial charge is 0.276 e. The van der Waals surface area contributed by atoms with Crippen molar-refractivity contribution in [2.45, 2.75) is 25.6 Å². The van der Waals surface area contributed by atoms with Crippen molar-refractivity contribution in [2.24, 2.45) is 0 Å². The molecule has 1 atom stereocenters. The number of aromatic nitrogens is 4. The van der Waals surface area contributed by atoms with Crippen molar-refractivity contribution in [2.75, 3.05) is 13.2 Å². The van der Waals surface area contributed by atoms with Gasteiger partial charge in [0.25, 0.3) is 5.56 Å². The average molecular weight is 412 g/mol. The second-order valence-corrected chi connectivity index (χ2v) is 6.71. The van der Waals surface area contributed by atoms with E-state index in [4.69, 9.17) is 33.0 Å². The molecule has 8 nitrogen and oxygen atoms in total. The summed E-state index contributed by atoms with van der Waals surface area (Å²) in [6.45, 7) is 0.627. The number of H-pyrrole nitrogens is 2. The predicted molar refractivity (Wildman–Crippen MR) is 103 cm³/mol. The van der Waals surface area contributed by atoms with Crippen molar-refractivity contribution >= 4 is 34.2 Å². The molecule has 0 amide bonds. The van der Waals surface area contributed by atoms with Gasteiger partial charge in [-0.25, -0.2) is 4.98 Å². The third-order valence-corrected chi connectivity index (χ3v) is 4.67. The number of rotatable bonds is 9. The Morgan fingerprint density at radius 1 is 1.30 bits per heavy atom. The first-order chi connectivity index (χ1) is 13.1.